The van der Waals surface area contributed by atoms with E-state index in [4.69, 9.17) is 15.2 Å². The maximum Gasteiger partial charge on any atom is 0.414 e. The van der Waals surface area contributed by atoms with Gasteiger partial charge in [-0.25, -0.2) is 14.6 Å². The van der Waals surface area contributed by atoms with Crippen LogP contribution in [0.15, 0.2) is 48.5 Å². The summed E-state index contributed by atoms with van der Waals surface area (Å²) in [7, 11) is 1.68. The summed E-state index contributed by atoms with van der Waals surface area (Å²) in [6.45, 7) is 7.31. The molecule has 1 aliphatic heterocycles. The summed E-state index contributed by atoms with van der Waals surface area (Å²) in [5, 5.41) is 0. The second kappa shape index (κ2) is 9.28. The first kappa shape index (κ1) is 24.9. The zero-order valence-electron chi connectivity index (χ0n) is 21.9. The highest BCUT2D eigenvalue weighted by Crippen LogP contribution is 2.55. The molecule has 1 spiro atoms. The number of carbonyl (C=O) groups excluding carboxylic acids is 2. The van der Waals surface area contributed by atoms with Crippen LogP contribution in [-0.2, 0) is 16.1 Å². The number of amides is 2. The second-order valence-corrected chi connectivity index (χ2v) is 11.3. The molecule has 2 fully saturated rings. The molecule has 9 nitrogen and oxygen atoms in total. The number of nitrogens with zero attached hydrogens (tertiary/aromatic N) is 4. The highest BCUT2D eigenvalue weighted by molar-refractivity contribution is 5.91. The minimum Gasteiger partial charge on any atom is -0.444 e. The number of anilines is 2. The molecule has 3 aromatic rings. The molecule has 1 saturated heterocycles. The van der Waals surface area contributed by atoms with Crippen LogP contribution in [0, 0.1) is 5.41 Å². The molecule has 1 aliphatic carbocycles. The van der Waals surface area contributed by atoms with E-state index in [1.165, 1.54) is 4.90 Å². The molecule has 0 unspecified atom stereocenters. The molecule has 2 aromatic carbocycles. The van der Waals surface area contributed by atoms with Crippen molar-refractivity contribution < 1.29 is 19.1 Å². The minimum atomic E-state index is -0.495. The van der Waals surface area contributed by atoms with Gasteiger partial charge >= 0.3 is 12.2 Å². The third-order valence-corrected chi connectivity index (χ3v) is 7.36. The number of ether oxygens (including phenoxy) is 2. The van der Waals surface area contributed by atoms with E-state index in [-0.39, 0.29) is 24.2 Å². The maximum atomic E-state index is 12.6. The summed E-state index contributed by atoms with van der Waals surface area (Å²) >= 11 is 0. The van der Waals surface area contributed by atoms with E-state index in [2.05, 4.69) is 9.55 Å². The Hall–Kier alpha value is -3.75. The molecule has 37 heavy (non-hydrogen) atoms. The number of nitrogen functional groups attached to an aromatic ring is 1. The lowest BCUT2D eigenvalue weighted by Crippen LogP contribution is -2.43. The van der Waals surface area contributed by atoms with Crippen LogP contribution < -0.4 is 10.6 Å². The van der Waals surface area contributed by atoms with E-state index >= 15 is 0 Å². The van der Waals surface area contributed by atoms with Gasteiger partial charge in [-0.15, -0.1) is 0 Å². The van der Waals surface area contributed by atoms with Gasteiger partial charge in [-0.05, 0) is 69.2 Å². The summed E-state index contributed by atoms with van der Waals surface area (Å²) < 4.78 is 13.1. The summed E-state index contributed by atoms with van der Waals surface area (Å²) in [5.74, 6) is 0.461. The Kier molecular flexibility index (Phi) is 6.25. The molecular formula is C28H35N5O4. The van der Waals surface area contributed by atoms with E-state index in [9.17, 15) is 9.59 Å². The number of imidazole rings is 1. The Balaban J connectivity index is 1.24. The largest absolute Gasteiger partial charge is 0.444 e. The van der Waals surface area contributed by atoms with Crippen LogP contribution in [0.25, 0.3) is 11.0 Å². The number of hydrogen-bond acceptors (Lipinski definition) is 6. The monoisotopic (exact) mass is 505 g/mol. The van der Waals surface area contributed by atoms with Crippen LogP contribution in [0.2, 0.25) is 0 Å². The van der Waals surface area contributed by atoms with Gasteiger partial charge in [0.2, 0.25) is 5.95 Å². The third kappa shape index (κ3) is 5.08. The van der Waals surface area contributed by atoms with E-state index < -0.39 is 11.7 Å². The number of nitrogens with two attached hydrogens (primary N) is 1. The standard InChI is InChI=1S/C28H35N5O4/c1-27(2,3)37-26(35)32-13-12-28(18-32)15-21(16-28)33-23-11-10-20(14-22(23)30-24(33)29)31(4)25(34)36-17-19-8-6-5-7-9-19/h5-11,14,21H,12-13,15-18H2,1-4H3,(H2,29,30)/t21-,28-. The average Bonchev–Trinajstić information content (AvgIpc) is 3.41. The first-order chi connectivity index (χ1) is 17.5. The molecule has 9 heteroatoms. The summed E-state index contributed by atoms with van der Waals surface area (Å²) in [4.78, 5) is 33.0. The van der Waals surface area contributed by atoms with Crippen LogP contribution >= 0.6 is 0 Å². The van der Waals surface area contributed by atoms with Gasteiger partial charge in [0.15, 0.2) is 0 Å². The minimum absolute atomic E-state index is 0.104. The topological polar surface area (TPSA) is 103 Å². The van der Waals surface area contributed by atoms with E-state index in [0.717, 1.165) is 42.4 Å². The van der Waals surface area contributed by atoms with Crippen LogP contribution in [0.1, 0.15) is 51.6 Å². The number of benzene rings is 2. The predicted molar refractivity (Wildman–Crippen MR) is 142 cm³/mol. The molecule has 0 radical (unpaired) electrons. The Labute approximate surface area is 217 Å². The van der Waals surface area contributed by atoms with Crippen LogP contribution in [0.3, 0.4) is 0 Å². The van der Waals surface area contributed by atoms with Crippen LogP contribution in [-0.4, -0.2) is 52.4 Å². The van der Waals surface area contributed by atoms with Gasteiger partial charge < -0.3 is 24.7 Å². The Morgan fingerprint density at radius 3 is 2.59 bits per heavy atom. The van der Waals surface area contributed by atoms with Crippen molar-refractivity contribution in [2.75, 3.05) is 30.8 Å². The fourth-order valence-corrected chi connectivity index (χ4v) is 5.49. The van der Waals surface area contributed by atoms with Gasteiger partial charge in [-0.1, -0.05) is 30.3 Å². The Morgan fingerprint density at radius 2 is 1.89 bits per heavy atom. The SMILES string of the molecule is CN(C(=O)OCc1ccccc1)c1ccc2c(c1)nc(N)n2[C@H]1C[C@@]2(CCN(C(=O)OC(C)(C)C)C2)C1. The van der Waals surface area contributed by atoms with Gasteiger partial charge in [0.1, 0.15) is 12.2 Å². The average molecular weight is 506 g/mol. The lowest BCUT2D eigenvalue weighted by molar-refractivity contribution is 0.0200. The highest BCUT2D eigenvalue weighted by atomic mass is 16.6. The Bertz CT molecular complexity index is 1310. The number of aromatic nitrogens is 2. The first-order valence-corrected chi connectivity index (χ1v) is 12.7. The number of carbonyl (C=O) groups is 2. The van der Waals surface area contributed by atoms with E-state index in [1.54, 1.807) is 7.05 Å². The highest BCUT2D eigenvalue weighted by Gasteiger charge is 2.51. The molecule has 1 saturated carbocycles. The van der Waals surface area contributed by atoms with E-state index in [1.807, 2.05) is 74.2 Å². The van der Waals surface area contributed by atoms with Crippen molar-refractivity contribution in [2.24, 2.45) is 5.41 Å². The molecule has 1 aromatic heterocycles. The number of likely N-dealkylation sites (tertiary alicyclic amines) is 1. The third-order valence-electron chi connectivity index (χ3n) is 7.36. The van der Waals surface area contributed by atoms with Crippen molar-refractivity contribution >= 4 is 34.9 Å². The summed E-state index contributed by atoms with van der Waals surface area (Å²) in [6, 6.07) is 15.5. The zero-order valence-corrected chi connectivity index (χ0v) is 21.9. The number of hydrogen-bond donors (Lipinski definition) is 1. The van der Waals surface area contributed by atoms with Crippen molar-refractivity contribution in [2.45, 2.75) is 58.3 Å². The van der Waals surface area contributed by atoms with E-state index in [0.29, 0.717) is 18.2 Å². The smallest absolute Gasteiger partial charge is 0.414 e. The molecule has 2 aliphatic rings. The number of rotatable bonds is 4. The van der Waals surface area contributed by atoms with Crippen molar-refractivity contribution in [3.05, 3.63) is 54.1 Å². The quantitative estimate of drug-likeness (QED) is 0.512. The number of fused-ring (bicyclic) bond motifs is 1. The predicted octanol–water partition coefficient (Wildman–Crippen LogP) is 5.35. The second-order valence-electron chi connectivity index (χ2n) is 11.3. The van der Waals surface area contributed by atoms with Gasteiger partial charge in [0.05, 0.1) is 11.0 Å². The first-order valence-electron chi connectivity index (χ1n) is 12.7. The van der Waals surface area contributed by atoms with Crippen molar-refractivity contribution in [1.82, 2.24) is 14.5 Å². The van der Waals surface area contributed by atoms with Crippen molar-refractivity contribution in [1.29, 1.82) is 0 Å². The van der Waals surface area contributed by atoms with Crippen LogP contribution in [0.4, 0.5) is 21.2 Å². The molecular weight excluding hydrogens is 470 g/mol. The maximum absolute atomic E-state index is 12.6. The molecule has 5 rings (SSSR count). The van der Waals surface area contributed by atoms with Gasteiger partial charge in [-0.3, -0.25) is 4.90 Å². The molecule has 2 amide bonds. The Morgan fingerprint density at radius 1 is 1.16 bits per heavy atom. The van der Waals surface area contributed by atoms with Gasteiger partial charge in [0.25, 0.3) is 0 Å². The zero-order chi connectivity index (χ0) is 26.4. The van der Waals surface area contributed by atoms with Gasteiger partial charge in [-0.2, -0.15) is 0 Å². The summed E-state index contributed by atoms with van der Waals surface area (Å²) in [5.41, 5.74) is 9.26. The fraction of sp³-hybridized carbons (Fsp3) is 0.464. The molecule has 0 atom stereocenters. The molecule has 2 heterocycles. The molecule has 0 bridgehead atoms. The lowest BCUT2D eigenvalue weighted by atomic mass is 9.65. The lowest BCUT2D eigenvalue weighted by Gasteiger charge is -2.46. The fourth-order valence-electron chi connectivity index (χ4n) is 5.49. The molecule has 196 valence electrons. The molecule has 2 N–H and O–H groups in total. The van der Waals surface area contributed by atoms with Crippen molar-refractivity contribution in [3.8, 4) is 0 Å². The summed E-state index contributed by atoms with van der Waals surface area (Å²) in [6.07, 6.45) is 2.17. The van der Waals surface area contributed by atoms with Gasteiger partial charge in [0, 0.05) is 31.9 Å². The van der Waals surface area contributed by atoms with Crippen molar-refractivity contribution in [3.63, 3.8) is 0 Å². The van der Waals surface area contributed by atoms with Crippen LogP contribution in [0.5, 0.6) is 0 Å². The normalized spacial score (nSPS) is 21.2.